The molecule has 0 amide bonds. The fraction of sp³-hybridized carbons (Fsp3) is 0.455. The summed E-state index contributed by atoms with van der Waals surface area (Å²) in [4.78, 5) is 6.22. The lowest BCUT2D eigenvalue weighted by Crippen LogP contribution is -2.36. The molecule has 4 heteroatoms. The summed E-state index contributed by atoms with van der Waals surface area (Å²) in [6.45, 7) is 2.02. The molecule has 3 atom stereocenters. The van der Waals surface area contributed by atoms with E-state index < -0.39 is 0 Å². The van der Waals surface area contributed by atoms with Crippen LogP contribution in [0, 0.1) is 0 Å². The third-order valence-corrected chi connectivity index (χ3v) is 5.77. The van der Waals surface area contributed by atoms with Gasteiger partial charge in [0, 0.05) is 0 Å². The minimum Gasteiger partial charge on any atom is -0.369 e. The van der Waals surface area contributed by atoms with Gasteiger partial charge in [-0.05, 0) is 30.4 Å². The zero-order chi connectivity index (χ0) is 17.4. The van der Waals surface area contributed by atoms with E-state index in [4.69, 9.17) is 14.3 Å². The highest BCUT2D eigenvalue weighted by Crippen LogP contribution is 2.52. The van der Waals surface area contributed by atoms with Gasteiger partial charge in [0.05, 0.1) is 31.4 Å². The first-order chi connectivity index (χ1) is 12.8. The van der Waals surface area contributed by atoms with Crippen molar-refractivity contribution in [2.24, 2.45) is 0 Å². The molecule has 3 fully saturated rings. The van der Waals surface area contributed by atoms with E-state index in [1.54, 1.807) is 0 Å². The molecule has 2 aliphatic heterocycles. The molecule has 0 bridgehead atoms. The molecule has 0 radical (unpaired) electrons. The number of hydrogen-bond donors (Lipinski definition) is 0. The molecule has 2 aromatic rings. The summed E-state index contributed by atoms with van der Waals surface area (Å²) >= 11 is 0. The minimum absolute atomic E-state index is 0.0417. The van der Waals surface area contributed by atoms with Crippen LogP contribution in [-0.4, -0.2) is 35.5 Å². The van der Waals surface area contributed by atoms with Crippen LogP contribution in [0.2, 0.25) is 0 Å². The Kier molecular flexibility index (Phi) is 4.29. The third-order valence-electron chi connectivity index (χ3n) is 5.77. The quantitative estimate of drug-likeness (QED) is 0.794. The Hall–Kier alpha value is -1.72. The smallest absolute Gasteiger partial charge is 0.103 e. The van der Waals surface area contributed by atoms with E-state index in [9.17, 15) is 0 Å². The molecule has 0 aromatic heterocycles. The standard InChI is InChI=1S/C22H25NO3/c1-3-7-17(8-4-1)15-24-20-14-23-19(13-22(26-23)11-12-22)21(20)25-16-18-9-5-2-6-10-18/h1-10,19-21H,11-16H2/t19-,20-,21-/m1/s1. The number of hydroxylamine groups is 2. The van der Waals surface area contributed by atoms with E-state index in [0.717, 1.165) is 13.0 Å². The van der Waals surface area contributed by atoms with Crippen molar-refractivity contribution in [3.63, 3.8) is 0 Å². The number of nitrogens with zero attached hydrogens (tertiary/aromatic N) is 1. The van der Waals surface area contributed by atoms with Crippen LogP contribution >= 0.6 is 0 Å². The number of rotatable bonds is 6. The van der Waals surface area contributed by atoms with E-state index in [1.807, 2.05) is 12.1 Å². The van der Waals surface area contributed by atoms with Crippen molar-refractivity contribution < 1.29 is 14.3 Å². The molecule has 2 aromatic carbocycles. The van der Waals surface area contributed by atoms with Gasteiger partial charge in [0.2, 0.25) is 0 Å². The van der Waals surface area contributed by atoms with Gasteiger partial charge in [0.25, 0.3) is 0 Å². The molecule has 26 heavy (non-hydrogen) atoms. The highest BCUT2D eigenvalue weighted by atomic mass is 16.7. The van der Waals surface area contributed by atoms with Crippen LogP contribution in [0.25, 0.3) is 0 Å². The number of benzene rings is 2. The van der Waals surface area contributed by atoms with Gasteiger partial charge in [0.1, 0.15) is 12.2 Å². The van der Waals surface area contributed by atoms with Crippen LogP contribution in [0.4, 0.5) is 0 Å². The largest absolute Gasteiger partial charge is 0.369 e. The zero-order valence-electron chi connectivity index (χ0n) is 14.9. The minimum atomic E-state index is 0.0417. The lowest BCUT2D eigenvalue weighted by atomic mass is 10.0. The van der Waals surface area contributed by atoms with Crippen LogP contribution in [0.5, 0.6) is 0 Å². The molecule has 4 nitrogen and oxygen atoms in total. The highest BCUT2D eigenvalue weighted by molar-refractivity contribution is 5.15. The first-order valence-electron chi connectivity index (χ1n) is 9.58. The third kappa shape index (κ3) is 3.30. The van der Waals surface area contributed by atoms with Crippen LogP contribution in [0.1, 0.15) is 30.4 Å². The Morgan fingerprint density at radius 3 is 2.12 bits per heavy atom. The molecular formula is C22H25NO3. The van der Waals surface area contributed by atoms with Crippen molar-refractivity contribution in [3.05, 3.63) is 71.8 Å². The Balaban J connectivity index is 1.27. The molecule has 1 aliphatic carbocycles. The second kappa shape index (κ2) is 6.78. The van der Waals surface area contributed by atoms with Crippen LogP contribution < -0.4 is 0 Å². The van der Waals surface area contributed by atoms with Gasteiger partial charge in [-0.25, -0.2) is 0 Å². The summed E-state index contributed by atoms with van der Waals surface area (Å²) in [5.41, 5.74) is 2.51. The molecule has 5 rings (SSSR count). The normalized spacial score (nSPS) is 29.2. The van der Waals surface area contributed by atoms with Gasteiger partial charge < -0.3 is 9.47 Å². The van der Waals surface area contributed by atoms with E-state index in [1.165, 1.54) is 24.0 Å². The maximum atomic E-state index is 6.38. The fourth-order valence-corrected chi connectivity index (χ4v) is 4.16. The topological polar surface area (TPSA) is 30.9 Å². The van der Waals surface area contributed by atoms with Gasteiger partial charge in [-0.1, -0.05) is 60.7 Å². The molecule has 3 aliphatic rings. The van der Waals surface area contributed by atoms with Gasteiger partial charge >= 0.3 is 0 Å². The van der Waals surface area contributed by atoms with Crippen molar-refractivity contribution in [1.29, 1.82) is 0 Å². The summed E-state index contributed by atoms with van der Waals surface area (Å²) in [6.07, 6.45) is 3.53. The monoisotopic (exact) mass is 351 g/mol. The van der Waals surface area contributed by atoms with Gasteiger partial charge in [0.15, 0.2) is 0 Å². The number of fused-ring (bicyclic) bond motifs is 1. The van der Waals surface area contributed by atoms with Crippen molar-refractivity contribution in [3.8, 4) is 0 Å². The second-order valence-electron chi connectivity index (χ2n) is 7.74. The molecule has 1 saturated carbocycles. The maximum Gasteiger partial charge on any atom is 0.103 e. The lowest BCUT2D eigenvalue weighted by molar-refractivity contribution is -0.166. The van der Waals surface area contributed by atoms with Crippen LogP contribution in [-0.2, 0) is 27.5 Å². The fourth-order valence-electron chi connectivity index (χ4n) is 4.16. The van der Waals surface area contributed by atoms with E-state index in [-0.39, 0.29) is 17.8 Å². The van der Waals surface area contributed by atoms with E-state index in [2.05, 4.69) is 53.6 Å². The predicted octanol–water partition coefficient (Wildman–Crippen LogP) is 3.71. The molecule has 1 spiro atoms. The second-order valence-corrected chi connectivity index (χ2v) is 7.74. The van der Waals surface area contributed by atoms with Crippen molar-refractivity contribution >= 4 is 0 Å². The van der Waals surface area contributed by atoms with Crippen molar-refractivity contribution in [2.45, 2.75) is 56.3 Å². The molecule has 136 valence electrons. The lowest BCUT2D eigenvalue weighted by Gasteiger charge is -2.24. The summed E-state index contributed by atoms with van der Waals surface area (Å²) < 4.78 is 12.6. The first-order valence-corrected chi connectivity index (χ1v) is 9.58. The summed E-state index contributed by atoms with van der Waals surface area (Å²) in [5, 5.41) is 2.14. The first kappa shape index (κ1) is 16.5. The Labute approximate surface area is 154 Å². The molecule has 0 N–H and O–H groups in total. The molecule has 2 heterocycles. The predicted molar refractivity (Wildman–Crippen MR) is 98.2 cm³/mol. The van der Waals surface area contributed by atoms with Crippen molar-refractivity contribution in [1.82, 2.24) is 5.06 Å². The SMILES string of the molecule is c1ccc(CO[C@@H]2[C@H]3CC4(CC4)ON3C[C@H]2OCc2ccccc2)cc1. The Morgan fingerprint density at radius 1 is 0.885 bits per heavy atom. The van der Waals surface area contributed by atoms with Gasteiger partial charge in [-0.15, -0.1) is 0 Å². The Morgan fingerprint density at radius 2 is 1.50 bits per heavy atom. The van der Waals surface area contributed by atoms with E-state index >= 15 is 0 Å². The molecular weight excluding hydrogens is 326 g/mol. The zero-order valence-corrected chi connectivity index (χ0v) is 14.9. The number of hydrogen-bond acceptors (Lipinski definition) is 4. The molecule has 2 saturated heterocycles. The van der Waals surface area contributed by atoms with Crippen LogP contribution in [0.15, 0.2) is 60.7 Å². The molecule has 0 unspecified atom stereocenters. The summed E-state index contributed by atoms with van der Waals surface area (Å²) in [5.74, 6) is 0. The van der Waals surface area contributed by atoms with Crippen molar-refractivity contribution in [2.75, 3.05) is 6.54 Å². The van der Waals surface area contributed by atoms with Gasteiger partial charge in [-0.3, -0.25) is 4.84 Å². The summed E-state index contributed by atoms with van der Waals surface area (Å²) in [6, 6.07) is 21.0. The summed E-state index contributed by atoms with van der Waals surface area (Å²) in [7, 11) is 0. The average molecular weight is 351 g/mol. The van der Waals surface area contributed by atoms with E-state index in [0.29, 0.717) is 19.3 Å². The average Bonchev–Trinajstić information content (AvgIpc) is 3.24. The maximum absolute atomic E-state index is 6.38. The highest BCUT2D eigenvalue weighted by Gasteiger charge is 2.60. The number of ether oxygens (including phenoxy) is 2. The van der Waals surface area contributed by atoms with Gasteiger partial charge in [-0.2, -0.15) is 5.06 Å². The van der Waals surface area contributed by atoms with Crippen LogP contribution in [0.3, 0.4) is 0 Å². The Bertz CT molecular complexity index is 732.